The van der Waals surface area contributed by atoms with Crippen molar-refractivity contribution in [2.45, 2.75) is 31.9 Å². The predicted molar refractivity (Wildman–Crippen MR) is 96.6 cm³/mol. The quantitative estimate of drug-likeness (QED) is 0.686. The average Bonchev–Trinajstić information content (AvgIpc) is 3.13. The van der Waals surface area contributed by atoms with E-state index in [2.05, 4.69) is 10.6 Å². The number of methoxy groups -OCH3 is 1. The fraction of sp³-hybridized carbons (Fsp3) is 0.389. The largest absolute Gasteiger partial charge is 0.497 e. The Morgan fingerprint density at radius 3 is 2.67 bits per heavy atom. The highest BCUT2D eigenvalue weighted by Crippen LogP contribution is 2.15. The molecule has 0 unspecified atom stereocenters. The van der Waals surface area contributed by atoms with Gasteiger partial charge in [-0.3, -0.25) is 0 Å². The van der Waals surface area contributed by atoms with Crippen molar-refractivity contribution in [2.24, 2.45) is 0 Å². The standard InChI is InChI=1S/C18H24N2O3S/c1-13(3-4-14-5-7-16(23-2)8-6-14)20-18(22)19-11-17(21)15-9-10-24-12-15/h5-10,12-13,17,21H,3-4,11H2,1-2H3,(H2,19,20,22)/t13-,17-/m0/s1. The van der Waals surface area contributed by atoms with Gasteiger partial charge in [0, 0.05) is 12.6 Å². The minimum atomic E-state index is -0.670. The average molecular weight is 348 g/mol. The number of carbonyl (C=O) groups is 1. The van der Waals surface area contributed by atoms with Crippen LogP contribution in [0.2, 0.25) is 0 Å². The minimum absolute atomic E-state index is 0.0467. The van der Waals surface area contributed by atoms with E-state index in [1.807, 2.05) is 48.0 Å². The summed E-state index contributed by atoms with van der Waals surface area (Å²) in [6.07, 6.45) is 1.05. The number of aliphatic hydroxyl groups is 1. The van der Waals surface area contributed by atoms with Crippen LogP contribution in [0.15, 0.2) is 41.1 Å². The molecule has 0 aliphatic rings. The summed E-state index contributed by atoms with van der Waals surface area (Å²) in [5.41, 5.74) is 2.03. The predicted octanol–water partition coefficient (Wildman–Crippen LogP) is 3.11. The van der Waals surface area contributed by atoms with Crippen LogP contribution in [0, 0.1) is 0 Å². The van der Waals surface area contributed by atoms with Gasteiger partial charge in [0.05, 0.1) is 13.2 Å². The number of amides is 2. The SMILES string of the molecule is COc1ccc(CC[C@H](C)NC(=O)NC[C@H](O)c2ccsc2)cc1. The van der Waals surface area contributed by atoms with Gasteiger partial charge in [-0.1, -0.05) is 12.1 Å². The van der Waals surface area contributed by atoms with Crippen LogP contribution in [0.1, 0.15) is 30.6 Å². The van der Waals surface area contributed by atoms with Gasteiger partial charge < -0.3 is 20.5 Å². The maximum absolute atomic E-state index is 11.9. The molecular formula is C18H24N2O3S. The third-order valence-corrected chi connectivity index (χ3v) is 4.49. The molecule has 1 aromatic carbocycles. The van der Waals surface area contributed by atoms with E-state index < -0.39 is 6.10 Å². The highest BCUT2D eigenvalue weighted by molar-refractivity contribution is 7.07. The summed E-state index contributed by atoms with van der Waals surface area (Å²) >= 11 is 1.52. The molecule has 1 heterocycles. The van der Waals surface area contributed by atoms with Gasteiger partial charge in [0.25, 0.3) is 0 Å². The first-order chi connectivity index (χ1) is 11.6. The Kier molecular flexibility index (Phi) is 7.08. The number of hydrogen-bond acceptors (Lipinski definition) is 4. The summed E-state index contributed by atoms with van der Waals surface area (Å²) in [7, 11) is 1.65. The molecule has 5 nitrogen and oxygen atoms in total. The van der Waals surface area contributed by atoms with Gasteiger partial charge in [0.15, 0.2) is 0 Å². The minimum Gasteiger partial charge on any atom is -0.497 e. The molecule has 0 bridgehead atoms. The summed E-state index contributed by atoms with van der Waals surface area (Å²) in [5.74, 6) is 0.841. The Balaban J connectivity index is 1.67. The fourth-order valence-corrected chi connectivity index (χ4v) is 3.00. The summed E-state index contributed by atoms with van der Waals surface area (Å²) in [6, 6.07) is 9.58. The zero-order valence-corrected chi connectivity index (χ0v) is 14.8. The molecule has 3 N–H and O–H groups in total. The van der Waals surface area contributed by atoms with E-state index in [9.17, 15) is 9.90 Å². The highest BCUT2D eigenvalue weighted by Gasteiger charge is 2.11. The van der Waals surface area contributed by atoms with E-state index in [-0.39, 0.29) is 18.6 Å². The Hall–Kier alpha value is -2.05. The maximum Gasteiger partial charge on any atom is 0.315 e. The van der Waals surface area contributed by atoms with Crippen molar-refractivity contribution in [3.63, 3.8) is 0 Å². The third-order valence-electron chi connectivity index (χ3n) is 3.79. The molecule has 24 heavy (non-hydrogen) atoms. The number of urea groups is 1. The smallest absolute Gasteiger partial charge is 0.315 e. The number of thiophene rings is 1. The van der Waals surface area contributed by atoms with E-state index in [1.54, 1.807) is 7.11 Å². The van der Waals surface area contributed by atoms with Gasteiger partial charge in [0.1, 0.15) is 5.75 Å². The van der Waals surface area contributed by atoms with Gasteiger partial charge in [-0.2, -0.15) is 11.3 Å². The number of nitrogens with one attached hydrogen (secondary N) is 2. The lowest BCUT2D eigenvalue weighted by Crippen LogP contribution is -2.42. The van der Waals surface area contributed by atoms with Crippen molar-refractivity contribution < 1.29 is 14.6 Å². The molecule has 0 spiro atoms. The molecule has 2 rings (SSSR count). The van der Waals surface area contributed by atoms with Crippen LogP contribution in [-0.2, 0) is 6.42 Å². The van der Waals surface area contributed by atoms with Crippen LogP contribution in [0.5, 0.6) is 5.75 Å². The van der Waals surface area contributed by atoms with Crippen LogP contribution < -0.4 is 15.4 Å². The zero-order valence-electron chi connectivity index (χ0n) is 14.0. The Bertz CT molecular complexity index is 614. The summed E-state index contributed by atoms with van der Waals surface area (Å²) in [5, 5.41) is 19.3. The van der Waals surface area contributed by atoms with E-state index in [4.69, 9.17) is 4.74 Å². The maximum atomic E-state index is 11.9. The van der Waals surface area contributed by atoms with Crippen molar-refractivity contribution in [1.82, 2.24) is 10.6 Å². The van der Waals surface area contributed by atoms with Crippen molar-refractivity contribution in [1.29, 1.82) is 0 Å². The molecule has 130 valence electrons. The topological polar surface area (TPSA) is 70.6 Å². The normalized spacial score (nSPS) is 13.1. The molecule has 0 fully saturated rings. The van der Waals surface area contributed by atoms with Crippen LogP contribution in [0.3, 0.4) is 0 Å². The zero-order chi connectivity index (χ0) is 17.4. The molecule has 2 atom stereocenters. The molecule has 2 amide bonds. The van der Waals surface area contributed by atoms with Crippen molar-refractivity contribution in [3.05, 3.63) is 52.2 Å². The Morgan fingerprint density at radius 2 is 2.04 bits per heavy atom. The molecule has 0 saturated heterocycles. The molecule has 0 aliphatic heterocycles. The van der Waals surface area contributed by atoms with E-state index in [0.717, 1.165) is 24.2 Å². The lowest BCUT2D eigenvalue weighted by molar-refractivity contribution is 0.173. The molecule has 6 heteroatoms. The van der Waals surface area contributed by atoms with Crippen LogP contribution in [-0.4, -0.2) is 30.8 Å². The number of aryl methyl sites for hydroxylation is 1. The first-order valence-electron chi connectivity index (χ1n) is 7.96. The number of benzene rings is 1. The second-order valence-electron chi connectivity index (χ2n) is 5.71. The lowest BCUT2D eigenvalue weighted by Gasteiger charge is -2.16. The summed E-state index contributed by atoms with van der Waals surface area (Å²) in [4.78, 5) is 11.9. The summed E-state index contributed by atoms with van der Waals surface area (Å²) in [6.45, 7) is 2.17. The molecule has 1 aromatic heterocycles. The fourth-order valence-electron chi connectivity index (χ4n) is 2.29. The van der Waals surface area contributed by atoms with Gasteiger partial charge in [-0.15, -0.1) is 0 Å². The van der Waals surface area contributed by atoms with Gasteiger partial charge in [0.2, 0.25) is 0 Å². The Labute approximate surface area is 146 Å². The Morgan fingerprint density at radius 1 is 1.29 bits per heavy atom. The highest BCUT2D eigenvalue weighted by atomic mass is 32.1. The van der Waals surface area contributed by atoms with Gasteiger partial charge in [-0.05, 0) is 59.9 Å². The number of hydrogen-bond donors (Lipinski definition) is 3. The number of aliphatic hydroxyl groups excluding tert-OH is 1. The second kappa shape index (κ2) is 9.30. The molecule has 0 saturated carbocycles. The van der Waals surface area contributed by atoms with E-state index in [0.29, 0.717) is 0 Å². The first-order valence-corrected chi connectivity index (χ1v) is 8.90. The van der Waals surface area contributed by atoms with Crippen molar-refractivity contribution in [3.8, 4) is 5.75 Å². The van der Waals surface area contributed by atoms with Crippen LogP contribution in [0.25, 0.3) is 0 Å². The molecular weight excluding hydrogens is 324 g/mol. The monoisotopic (exact) mass is 348 g/mol. The van der Waals surface area contributed by atoms with Gasteiger partial charge >= 0.3 is 6.03 Å². The summed E-state index contributed by atoms with van der Waals surface area (Å²) < 4.78 is 5.14. The van der Waals surface area contributed by atoms with Crippen molar-refractivity contribution >= 4 is 17.4 Å². The molecule has 0 radical (unpaired) electrons. The van der Waals surface area contributed by atoms with E-state index >= 15 is 0 Å². The van der Waals surface area contributed by atoms with E-state index in [1.165, 1.54) is 16.9 Å². The third kappa shape index (κ3) is 5.86. The lowest BCUT2D eigenvalue weighted by atomic mass is 10.1. The van der Waals surface area contributed by atoms with Crippen molar-refractivity contribution in [2.75, 3.05) is 13.7 Å². The van der Waals surface area contributed by atoms with Gasteiger partial charge in [-0.25, -0.2) is 4.79 Å². The van der Waals surface area contributed by atoms with Crippen LogP contribution in [0.4, 0.5) is 4.79 Å². The van der Waals surface area contributed by atoms with Crippen LogP contribution >= 0.6 is 11.3 Å². The second-order valence-corrected chi connectivity index (χ2v) is 6.49. The number of ether oxygens (including phenoxy) is 1. The molecule has 0 aliphatic carbocycles. The molecule has 2 aromatic rings. The number of carbonyl (C=O) groups excluding carboxylic acids is 1. The number of rotatable bonds is 8. The first kappa shape index (κ1) is 18.3.